The first kappa shape index (κ1) is 19.0. The van der Waals surface area contributed by atoms with Gasteiger partial charge >= 0.3 is 5.97 Å². The smallest absolute Gasteiger partial charge is 0.303 e. The van der Waals surface area contributed by atoms with Gasteiger partial charge in [0, 0.05) is 18.0 Å². The van der Waals surface area contributed by atoms with Crippen LogP contribution in [0, 0.1) is 17.8 Å². The molecule has 0 spiro atoms. The Morgan fingerprint density at radius 1 is 1.08 bits per heavy atom. The molecule has 4 aliphatic rings. The van der Waals surface area contributed by atoms with E-state index in [2.05, 4.69) is 0 Å². The number of amides is 1. The van der Waals surface area contributed by atoms with Crippen LogP contribution in [0.15, 0.2) is 30.3 Å². The molecule has 140 valence electrons. The van der Waals surface area contributed by atoms with Crippen LogP contribution < -0.4 is 5.73 Å². The van der Waals surface area contributed by atoms with Crippen LogP contribution in [-0.4, -0.2) is 17.5 Å². The van der Waals surface area contributed by atoms with E-state index < -0.39 is 5.91 Å². The molecule has 0 unspecified atom stereocenters. The van der Waals surface area contributed by atoms with Crippen LogP contribution >= 0.6 is 11.6 Å². The second-order valence-corrected chi connectivity index (χ2v) is 8.42. The molecule has 4 saturated carbocycles. The number of rotatable bonds is 3. The van der Waals surface area contributed by atoms with Gasteiger partial charge in [0.25, 0.3) is 0 Å². The fourth-order valence-corrected chi connectivity index (χ4v) is 5.34. The molecular formula is C21H26ClNO3. The molecule has 26 heavy (non-hydrogen) atoms. The number of hydrogen-bond acceptors (Lipinski definition) is 3. The summed E-state index contributed by atoms with van der Waals surface area (Å²) in [6, 6.07) is 7.12. The lowest BCUT2D eigenvalue weighted by atomic mass is 9.54. The van der Waals surface area contributed by atoms with Crippen LogP contribution in [0.4, 0.5) is 0 Å². The maximum absolute atomic E-state index is 11.1. The Labute approximate surface area is 159 Å². The summed E-state index contributed by atoms with van der Waals surface area (Å²) in [5.74, 6) is 2.05. The fourth-order valence-electron chi connectivity index (χ4n) is 5.21. The van der Waals surface area contributed by atoms with Crippen molar-refractivity contribution in [2.24, 2.45) is 23.5 Å². The topological polar surface area (TPSA) is 69.4 Å². The first-order valence-electron chi connectivity index (χ1n) is 9.26. The minimum atomic E-state index is -0.454. The lowest BCUT2D eigenvalue weighted by Gasteiger charge is -2.55. The molecule has 4 fully saturated rings. The summed E-state index contributed by atoms with van der Waals surface area (Å²) in [4.78, 5) is 21.5. The van der Waals surface area contributed by atoms with Gasteiger partial charge in [0.2, 0.25) is 5.91 Å². The maximum atomic E-state index is 11.1. The van der Waals surface area contributed by atoms with Crippen molar-refractivity contribution in [1.29, 1.82) is 0 Å². The van der Waals surface area contributed by atoms with Crippen molar-refractivity contribution in [2.75, 3.05) is 0 Å². The Hall–Kier alpha value is -1.81. The van der Waals surface area contributed by atoms with Crippen molar-refractivity contribution in [3.8, 4) is 0 Å². The van der Waals surface area contributed by atoms with Gasteiger partial charge in [0.15, 0.2) is 0 Å². The number of halogens is 1. The average molecular weight is 376 g/mol. The first-order valence-corrected chi connectivity index (χ1v) is 9.64. The van der Waals surface area contributed by atoms with Crippen LogP contribution in [0.25, 0.3) is 6.08 Å². The lowest BCUT2D eigenvalue weighted by Crippen LogP contribution is -2.52. The predicted molar refractivity (Wildman–Crippen MR) is 102 cm³/mol. The normalized spacial score (nSPS) is 31.4. The molecule has 4 aliphatic carbocycles. The highest BCUT2D eigenvalue weighted by molar-refractivity contribution is 6.30. The van der Waals surface area contributed by atoms with Gasteiger partial charge in [-0.1, -0.05) is 23.7 Å². The molecule has 4 nitrogen and oxygen atoms in total. The number of primary amides is 1. The number of nitrogens with two attached hydrogens (primary N) is 1. The third-order valence-corrected chi connectivity index (χ3v) is 5.90. The van der Waals surface area contributed by atoms with E-state index in [1.807, 2.05) is 12.1 Å². The second kappa shape index (κ2) is 7.83. The van der Waals surface area contributed by atoms with Crippen LogP contribution in [-0.2, 0) is 14.3 Å². The van der Waals surface area contributed by atoms with E-state index in [1.165, 1.54) is 25.3 Å². The van der Waals surface area contributed by atoms with Crippen molar-refractivity contribution >= 4 is 29.6 Å². The number of ether oxygens (including phenoxy) is 1. The molecule has 5 rings (SSSR count). The highest BCUT2D eigenvalue weighted by Gasteiger charge is 2.52. The number of carbonyl (C=O) groups excluding carboxylic acids is 2. The van der Waals surface area contributed by atoms with Gasteiger partial charge in [0.1, 0.15) is 5.60 Å². The quantitative estimate of drug-likeness (QED) is 0.630. The molecule has 1 amide bonds. The lowest BCUT2D eigenvalue weighted by molar-refractivity contribution is -0.184. The van der Waals surface area contributed by atoms with Crippen molar-refractivity contribution in [3.05, 3.63) is 40.9 Å². The molecule has 0 aliphatic heterocycles. The largest absolute Gasteiger partial charge is 0.459 e. The highest BCUT2D eigenvalue weighted by Crippen LogP contribution is 2.57. The zero-order valence-electron chi connectivity index (χ0n) is 15.1. The Morgan fingerprint density at radius 3 is 2.00 bits per heavy atom. The number of hydrogen-bond donors (Lipinski definition) is 1. The summed E-state index contributed by atoms with van der Waals surface area (Å²) in [6.45, 7) is 1.55. The van der Waals surface area contributed by atoms with Gasteiger partial charge < -0.3 is 10.5 Å². The molecule has 1 aromatic rings. The zero-order chi connectivity index (χ0) is 18.7. The van der Waals surface area contributed by atoms with E-state index in [9.17, 15) is 9.59 Å². The Bertz CT molecular complexity index is 660. The summed E-state index contributed by atoms with van der Waals surface area (Å²) in [5, 5.41) is 0.672. The fraction of sp³-hybridized carbons (Fsp3) is 0.524. The van der Waals surface area contributed by atoms with Gasteiger partial charge in [0.05, 0.1) is 0 Å². The minimum Gasteiger partial charge on any atom is -0.459 e. The molecule has 0 saturated heterocycles. The minimum absolute atomic E-state index is 0.0272. The molecule has 4 bridgehead atoms. The van der Waals surface area contributed by atoms with Gasteiger partial charge in [-0.25, -0.2) is 0 Å². The van der Waals surface area contributed by atoms with Crippen molar-refractivity contribution in [2.45, 2.75) is 51.0 Å². The molecular weight excluding hydrogens is 350 g/mol. The van der Waals surface area contributed by atoms with Gasteiger partial charge in [-0.3, -0.25) is 9.59 Å². The van der Waals surface area contributed by atoms with E-state index in [1.54, 1.807) is 25.1 Å². The number of benzene rings is 1. The molecule has 0 heterocycles. The van der Waals surface area contributed by atoms with Crippen LogP contribution in [0.1, 0.15) is 51.0 Å². The predicted octanol–water partition coefficient (Wildman–Crippen LogP) is 4.36. The van der Waals surface area contributed by atoms with E-state index in [4.69, 9.17) is 22.1 Å². The molecule has 0 radical (unpaired) electrons. The van der Waals surface area contributed by atoms with Crippen molar-refractivity contribution in [3.63, 3.8) is 0 Å². The second-order valence-electron chi connectivity index (χ2n) is 7.98. The maximum Gasteiger partial charge on any atom is 0.303 e. The molecule has 0 aromatic heterocycles. The van der Waals surface area contributed by atoms with Crippen molar-refractivity contribution < 1.29 is 14.3 Å². The Morgan fingerprint density at radius 2 is 1.58 bits per heavy atom. The third kappa shape index (κ3) is 4.88. The van der Waals surface area contributed by atoms with Gasteiger partial charge in [-0.15, -0.1) is 0 Å². The molecule has 0 atom stereocenters. The van der Waals surface area contributed by atoms with Gasteiger partial charge in [-0.05, 0) is 80.1 Å². The zero-order valence-corrected chi connectivity index (χ0v) is 15.9. The molecule has 5 heteroatoms. The van der Waals surface area contributed by atoms with Crippen LogP contribution in [0.2, 0.25) is 5.02 Å². The van der Waals surface area contributed by atoms with Crippen LogP contribution in [0.5, 0.6) is 0 Å². The number of esters is 1. The summed E-state index contributed by atoms with van der Waals surface area (Å²) in [7, 11) is 0. The Kier molecular flexibility index (Phi) is 5.71. The summed E-state index contributed by atoms with van der Waals surface area (Å²) in [6.07, 6.45) is 10.6. The summed E-state index contributed by atoms with van der Waals surface area (Å²) < 4.78 is 5.61. The standard InChI is InChI=1S/C12H18O2.C9H8ClNO/c1-8(13)14-12-5-9-2-10(6-12)4-11(3-9)7-12;10-8-4-1-7(2-5-8)3-6-9(11)12/h9-11H,2-7H2,1H3;1-6H,(H2,11,12). The van der Waals surface area contributed by atoms with E-state index in [0.29, 0.717) is 5.02 Å². The summed E-state index contributed by atoms with van der Waals surface area (Å²) in [5.41, 5.74) is 5.79. The van der Waals surface area contributed by atoms with Crippen LogP contribution in [0.3, 0.4) is 0 Å². The third-order valence-electron chi connectivity index (χ3n) is 5.65. The monoisotopic (exact) mass is 375 g/mol. The number of carbonyl (C=O) groups is 2. The highest BCUT2D eigenvalue weighted by atomic mass is 35.5. The van der Waals surface area contributed by atoms with E-state index >= 15 is 0 Å². The van der Waals surface area contributed by atoms with Crippen molar-refractivity contribution in [1.82, 2.24) is 0 Å². The molecule has 1 aromatic carbocycles. The summed E-state index contributed by atoms with van der Waals surface area (Å²) >= 11 is 5.66. The first-order chi connectivity index (χ1) is 12.3. The van der Waals surface area contributed by atoms with E-state index in [-0.39, 0.29) is 11.6 Å². The average Bonchev–Trinajstić information content (AvgIpc) is 2.52. The Balaban J connectivity index is 0.000000153. The van der Waals surface area contributed by atoms with Gasteiger partial charge in [-0.2, -0.15) is 0 Å². The SMILES string of the molecule is CC(=O)OC12CC3CC(CC(C3)C1)C2.NC(=O)C=Cc1ccc(Cl)cc1. The molecule has 2 N–H and O–H groups in total. The van der Waals surface area contributed by atoms with E-state index in [0.717, 1.165) is 42.6 Å².